The first kappa shape index (κ1) is 13.0. The van der Waals surface area contributed by atoms with Crippen LogP contribution in [-0.2, 0) is 13.2 Å². The summed E-state index contributed by atoms with van der Waals surface area (Å²) in [7, 11) is 0. The third kappa shape index (κ3) is 3.78. The summed E-state index contributed by atoms with van der Waals surface area (Å²) in [6.45, 7) is 4.19. The quantitative estimate of drug-likeness (QED) is 0.873. The average molecular weight is 266 g/mol. The van der Waals surface area contributed by atoms with Crippen LogP contribution in [0.25, 0.3) is 0 Å². The van der Waals surface area contributed by atoms with Crippen LogP contribution in [0.5, 0.6) is 5.75 Å². The molecule has 1 N–H and O–H groups in total. The molecule has 0 spiro atoms. The van der Waals surface area contributed by atoms with E-state index >= 15 is 0 Å². The van der Waals surface area contributed by atoms with E-state index < -0.39 is 0 Å². The molecule has 0 saturated carbocycles. The molecule has 3 nitrogen and oxygen atoms in total. The summed E-state index contributed by atoms with van der Waals surface area (Å²) in [5.74, 6) is 0.390. The normalized spacial score (nSPS) is 10.6. The highest BCUT2D eigenvalue weighted by Gasteiger charge is 2.02. The van der Waals surface area contributed by atoms with Crippen LogP contribution in [0.3, 0.4) is 0 Å². The molecular weight excluding hydrogens is 251 g/mol. The molecule has 0 aliphatic heterocycles. The Hall–Kier alpha value is -1.46. The first-order valence-electron chi connectivity index (χ1n) is 5.80. The van der Waals surface area contributed by atoms with Crippen molar-refractivity contribution in [2.75, 3.05) is 6.54 Å². The molecule has 0 fully saturated rings. The van der Waals surface area contributed by atoms with Crippen molar-refractivity contribution in [3.63, 3.8) is 0 Å². The van der Waals surface area contributed by atoms with Gasteiger partial charge in [-0.1, -0.05) is 6.92 Å². The molecule has 2 aromatic rings. The molecule has 0 aliphatic rings. The average Bonchev–Trinajstić information content (AvgIpc) is 2.84. The van der Waals surface area contributed by atoms with Gasteiger partial charge in [-0.3, -0.25) is 0 Å². The highest BCUT2D eigenvalue weighted by molar-refractivity contribution is 7.09. The first-order chi connectivity index (χ1) is 8.78. The van der Waals surface area contributed by atoms with Gasteiger partial charge >= 0.3 is 0 Å². The molecule has 0 unspecified atom stereocenters. The Labute approximate surface area is 110 Å². The summed E-state index contributed by atoms with van der Waals surface area (Å²) >= 11 is 1.61. The maximum atomic E-state index is 12.7. The molecule has 0 bridgehead atoms. The highest BCUT2D eigenvalue weighted by atomic mass is 32.1. The summed E-state index contributed by atoms with van der Waals surface area (Å²) in [4.78, 5) is 4.44. The Bertz CT molecular complexity index is 484. The number of rotatable bonds is 6. The maximum Gasteiger partial charge on any atom is 0.131 e. The number of nitrogens with one attached hydrogen (secondary N) is 1. The predicted octanol–water partition coefficient (Wildman–Crippen LogP) is 2.97. The topological polar surface area (TPSA) is 34.2 Å². The predicted molar refractivity (Wildman–Crippen MR) is 70.2 cm³/mol. The number of thiazole rings is 1. The van der Waals surface area contributed by atoms with Gasteiger partial charge in [0.2, 0.25) is 0 Å². The number of aromatic nitrogens is 1. The van der Waals surface area contributed by atoms with Crippen molar-refractivity contribution >= 4 is 11.3 Å². The summed E-state index contributed by atoms with van der Waals surface area (Å²) in [5.41, 5.74) is 0.900. The molecule has 1 aromatic carbocycles. The molecule has 2 rings (SSSR count). The number of halogens is 1. The zero-order valence-corrected chi connectivity index (χ0v) is 11.0. The van der Waals surface area contributed by atoms with Crippen molar-refractivity contribution in [1.82, 2.24) is 10.3 Å². The molecule has 96 valence electrons. The summed E-state index contributed by atoms with van der Waals surface area (Å²) < 4.78 is 18.2. The minimum Gasteiger partial charge on any atom is -0.487 e. The Morgan fingerprint density at radius 3 is 2.83 bits per heavy atom. The van der Waals surface area contributed by atoms with Crippen molar-refractivity contribution in [2.45, 2.75) is 20.1 Å². The van der Waals surface area contributed by atoms with E-state index in [0.717, 1.165) is 23.8 Å². The van der Waals surface area contributed by atoms with E-state index in [4.69, 9.17) is 4.74 Å². The molecule has 0 saturated heterocycles. The Balaban J connectivity index is 1.86. The summed E-state index contributed by atoms with van der Waals surface area (Å²) in [5, 5.41) is 6.26. The third-order valence-electron chi connectivity index (χ3n) is 2.33. The lowest BCUT2D eigenvalue weighted by atomic mass is 10.3. The van der Waals surface area contributed by atoms with Gasteiger partial charge in [0.15, 0.2) is 0 Å². The number of nitrogens with zero attached hydrogens (tertiary/aromatic N) is 1. The van der Waals surface area contributed by atoms with Gasteiger partial charge in [0, 0.05) is 11.9 Å². The largest absolute Gasteiger partial charge is 0.487 e. The lowest BCUT2D eigenvalue weighted by molar-refractivity contribution is 0.301. The van der Waals surface area contributed by atoms with Crippen LogP contribution in [-0.4, -0.2) is 11.5 Å². The second kappa shape index (κ2) is 6.47. The van der Waals surface area contributed by atoms with Gasteiger partial charge in [0.25, 0.3) is 0 Å². The maximum absolute atomic E-state index is 12.7. The zero-order valence-electron chi connectivity index (χ0n) is 10.1. The molecule has 0 aliphatic carbocycles. The lowest BCUT2D eigenvalue weighted by Gasteiger charge is -2.03. The van der Waals surface area contributed by atoms with Gasteiger partial charge in [0.05, 0.1) is 5.69 Å². The van der Waals surface area contributed by atoms with E-state index in [9.17, 15) is 4.39 Å². The second-order valence-electron chi connectivity index (χ2n) is 3.76. The van der Waals surface area contributed by atoms with Crippen LogP contribution in [0.4, 0.5) is 4.39 Å². The van der Waals surface area contributed by atoms with Crippen molar-refractivity contribution in [1.29, 1.82) is 0 Å². The Kier molecular flexibility index (Phi) is 4.66. The minimum absolute atomic E-state index is 0.260. The van der Waals surface area contributed by atoms with E-state index in [-0.39, 0.29) is 5.82 Å². The van der Waals surface area contributed by atoms with Crippen molar-refractivity contribution in [2.24, 2.45) is 0 Å². The van der Waals surface area contributed by atoms with E-state index in [0.29, 0.717) is 12.4 Å². The first-order valence-corrected chi connectivity index (χ1v) is 6.68. The van der Waals surface area contributed by atoms with Crippen LogP contribution in [0.1, 0.15) is 17.6 Å². The van der Waals surface area contributed by atoms with E-state index in [2.05, 4.69) is 17.2 Å². The SMILES string of the molecule is CCNCc1nc(COc2ccc(F)cc2)cs1. The van der Waals surface area contributed by atoms with E-state index in [1.165, 1.54) is 12.1 Å². The van der Waals surface area contributed by atoms with Crippen LogP contribution in [0.2, 0.25) is 0 Å². The minimum atomic E-state index is -0.260. The Morgan fingerprint density at radius 1 is 1.33 bits per heavy atom. The number of hydrogen-bond donors (Lipinski definition) is 1. The molecule has 0 atom stereocenters. The van der Waals surface area contributed by atoms with Gasteiger partial charge in [-0.15, -0.1) is 11.3 Å². The molecule has 5 heteroatoms. The van der Waals surface area contributed by atoms with E-state index in [1.807, 2.05) is 5.38 Å². The zero-order chi connectivity index (χ0) is 12.8. The van der Waals surface area contributed by atoms with Crippen molar-refractivity contribution in [3.8, 4) is 5.75 Å². The lowest BCUT2D eigenvalue weighted by Crippen LogP contribution is -2.11. The number of benzene rings is 1. The van der Waals surface area contributed by atoms with Crippen LogP contribution >= 0.6 is 11.3 Å². The van der Waals surface area contributed by atoms with Crippen molar-refractivity contribution in [3.05, 3.63) is 46.2 Å². The fraction of sp³-hybridized carbons (Fsp3) is 0.308. The van der Waals surface area contributed by atoms with Gasteiger partial charge in [-0.2, -0.15) is 0 Å². The van der Waals surface area contributed by atoms with Gasteiger partial charge in [-0.25, -0.2) is 9.37 Å². The van der Waals surface area contributed by atoms with E-state index in [1.54, 1.807) is 23.5 Å². The van der Waals surface area contributed by atoms with Crippen LogP contribution in [0, 0.1) is 5.82 Å². The standard InChI is InChI=1S/C13H15FN2OS/c1-2-15-7-13-16-11(9-18-13)8-17-12-5-3-10(14)4-6-12/h3-6,9,15H,2,7-8H2,1H3. The highest BCUT2D eigenvalue weighted by Crippen LogP contribution is 2.15. The van der Waals surface area contributed by atoms with Gasteiger partial charge in [-0.05, 0) is 30.8 Å². The molecule has 1 heterocycles. The smallest absolute Gasteiger partial charge is 0.131 e. The van der Waals surface area contributed by atoms with Crippen LogP contribution in [0.15, 0.2) is 29.6 Å². The second-order valence-corrected chi connectivity index (χ2v) is 4.70. The van der Waals surface area contributed by atoms with Crippen molar-refractivity contribution < 1.29 is 9.13 Å². The van der Waals surface area contributed by atoms with Gasteiger partial charge in [0.1, 0.15) is 23.2 Å². The molecule has 1 aromatic heterocycles. The number of hydrogen-bond acceptors (Lipinski definition) is 4. The molecular formula is C13H15FN2OS. The third-order valence-corrected chi connectivity index (χ3v) is 3.22. The van der Waals surface area contributed by atoms with Gasteiger partial charge < -0.3 is 10.1 Å². The van der Waals surface area contributed by atoms with Crippen LogP contribution < -0.4 is 10.1 Å². The fourth-order valence-corrected chi connectivity index (χ4v) is 2.16. The Morgan fingerprint density at radius 2 is 2.11 bits per heavy atom. The molecule has 18 heavy (non-hydrogen) atoms. The fourth-order valence-electron chi connectivity index (χ4n) is 1.42. The summed E-state index contributed by atoms with van der Waals surface area (Å²) in [6.07, 6.45) is 0. The monoisotopic (exact) mass is 266 g/mol. The number of ether oxygens (including phenoxy) is 1. The molecule has 0 radical (unpaired) electrons. The summed E-state index contributed by atoms with van der Waals surface area (Å²) in [6, 6.07) is 5.99. The molecule has 0 amide bonds.